The highest BCUT2D eigenvalue weighted by atomic mass is 79.9. The van der Waals surface area contributed by atoms with E-state index in [-0.39, 0.29) is 5.56 Å². The lowest BCUT2D eigenvalue weighted by atomic mass is 10.1. The summed E-state index contributed by atoms with van der Waals surface area (Å²) in [5.74, 6) is 0.806. The molecule has 0 spiro atoms. The van der Waals surface area contributed by atoms with Crippen LogP contribution in [0.5, 0.6) is 5.75 Å². The van der Waals surface area contributed by atoms with Crippen LogP contribution in [0, 0.1) is 0 Å². The Bertz CT molecular complexity index is 665. The molecule has 3 nitrogen and oxygen atoms in total. The average Bonchev–Trinajstić information content (AvgIpc) is 2.38. The summed E-state index contributed by atoms with van der Waals surface area (Å²) in [7, 11) is 1.76. The predicted molar refractivity (Wildman–Crippen MR) is 83.7 cm³/mol. The van der Waals surface area contributed by atoms with Crippen molar-refractivity contribution in [3.05, 3.63) is 49.6 Å². The van der Waals surface area contributed by atoms with Gasteiger partial charge in [-0.2, -0.15) is 0 Å². The van der Waals surface area contributed by atoms with Gasteiger partial charge in [-0.05, 0) is 69.1 Å². The maximum absolute atomic E-state index is 11.9. The summed E-state index contributed by atoms with van der Waals surface area (Å²) in [4.78, 5) is 11.9. The first-order chi connectivity index (χ1) is 9.04. The molecule has 0 saturated heterocycles. The molecule has 19 heavy (non-hydrogen) atoms. The third kappa shape index (κ3) is 2.92. The lowest BCUT2D eigenvalue weighted by Gasteiger charge is -2.12. The quantitative estimate of drug-likeness (QED) is 0.798. The third-order valence-corrected chi connectivity index (χ3v) is 4.04. The molecular weight excluding hydrogens is 374 g/mol. The fourth-order valence-electron chi connectivity index (χ4n) is 1.84. The van der Waals surface area contributed by atoms with Gasteiger partial charge in [-0.15, -0.1) is 0 Å². The van der Waals surface area contributed by atoms with Gasteiger partial charge in [-0.3, -0.25) is 4.79 Å². The number of aromatic nitrogens is 1. The number of ether oxygens (including phenoxy) is 1. The highest BCUT2D eigenvalue weighted by Crippen LogP contribution is 2.31. The van der Waals surface area contributed by atoms with Gasteiger partial charge in [0.15, 0.2) is 0 Å². The van der Waals surface area contributed by atoms with Crippen molar-refractivity contribution in [1.29, 1.82) is 0 Å². The zero-order chi connectivity index (χ0) is 14.0. The molecule has 2 rings (SSSR count). The van der Waals surface area contributed by atoms with Crippen molar-refractivity contribution >= 4 is 31.9 Å². The van der Waals surface area contributed by atoms with E-state index in [1.807, 2.05) is 31.2 Å². The van der Waals surface area contributed by atoms with Gasteiger partial charge in [0.05, 0.1) is 16.8 Å². The number of nitrogens with zero attached hydrogens (tertiary/aromatic N) is 1. The van der Waals surface area contributed by atoms with Crippen LogP contribution in [0.2, 0.25) is 0 Å². The van der Waals surface area contributed by atoms with Gasteiger partial charge >= 0.3 is 0 Å². The number of hydrogen-bond acceptors (Lipinski definition) is 2. The van der Waals surface area contributed by atoms with Crippen LogP contribution < -0.4 is 10.3 Å². The molecule has 2 aromatic rings. The Morgan fingerprint density at radius 1 is 1.16 bits per heavy atom. The van der Waals surface area contributed by atoms with E-state index in [1.54, 1.807) is 17.7 Å². The van der Waals surface area contributed by atoms with E-state index in [1.165, 1.54) is 0 Å². The first-order valence-electron chi connectivity index (χ1n) is 5.83. The molecule has 1 aromatic heterocycles. The second-order valence-corrected chi connectivity index (χ2v) is 5.71. The van der Waals surface area contributed by atoms with Crippen LogP contribution in [0.1, 0.15) is 6.92 Å². The molecule has 100 valence electrons. The van der Waals surface area contributed by atoms with Crippen LogP contribution in [0.15, 0.2) is 44.1 Å². The van der Waals surface area contributed by atoms with E-state index in [0.717, 1.165) is 21.5 Å². The van der Waals surface area contributed by atoms with Crippen LogP contribution in [0.3, 0.4) is 0 Å². The van der Waals surface area contributed by atoms with E-state index in [2.05, 4.69) is 31.9 Å². The molecule has 0 aliphatic heterocycles. The molecule has 0 unspecified atom stereocenters. The van der Waals surface area contributed by atoms with Crippen LogP contribution in [0.4, 0.5) is 0 Å². The molecular formula is C14H13Br2NO2. The van der Waals surface area contributed by atoms with Crippen molar-refractivity contribution in [2.75, 3.05) is 6.61 Å². The topological polar surface area (TPSA) is 31.2 Å². The Labute approximate surface area is 128 Å². The molecule has 0 saturated carbocycles. The highest BCUT2D eigenvalue weighted by Gasteiger charge is 2.10. The first-order valence-corrected chi connectivity index (χ1v) is 7.41. The fraction of sp³-hybridized carbons (Fsp3) is 0.214. The second kappa shape index (κ2) is 5.92. The van der Waals surface area contributed by atoms with Gasteiger partial charge < -0.3 is 9.30 Å². The maximum atomic E-state index is 11.9. The number of benzene rings is 1. The van der Waals surface area contributed by atoms with Gasteiger partial charge in [0.25, 0.3) is 5.56 Å². The minimum atomic E-state index is -0.0571. The Balaban J connectivity index is 2.54. The summed E-state index contributed by atoms with van der Waals surface area (Å²) in [5.41, 5.74) is 1.75. The largest absolute Gasteiger partial charge is 0.494 e. The van der Waals surface area contributed by atoms with Crippen LogP contribution in [-0.2, 0) is 7.05 Å². The smallest absolute Gasteiger partial charge is 0.265 e. The minimum Gasteiger partial charge on any atom is -0.494 e. The lowest BCUT2D eigenvalue weighted by Crippen LogP contribution is -2.18. The summed E-state index contributed by atoms with van der Waals surface area (Å²) < 4.78 is 8.52. The third-order valence-electron chi connectivity index (χ3n) is 2.79. The van der Waals surface area contributed by atoms with Crippen molar-refractivity contribution < 1.29 is 4.74 Å². The van der Waals surface area contributed by atoms with Crippen molar-refractivity contribution in [3.8, 4) is 17.0 Å². The summed E-state index contributed by atoms with van der Waals surface area (Å²) in [5, 5.41) is 0. The molecule has 0 fully saturated rings. The van der Waals surface area contributed by atoms with Gasteiger partial charge in [0.1, 0.15) is 5.75 Å². The van der Waals surface area contributed by atoms with Crippen molar-refractivity contribution in [3.63, 3.8) is 0 Å². The van der Waals surface area contributed by atoms with E-state index < -0.39 is 0 Å². The van der Waals surface area contributed by atoms with Gasteiger partial charge in [-0.1, -0.05) is 0 Å². The number of halogens is 2. The van der Waals surface area contributed by atoms with E-state index >= 15 is 0 Å². The molecule has 0 N–H and O–H groups in total. The second-order valence-electron chi connectivity index (χ2n) is 4.01. The Hall–Kier alpha value is -1.07. The summed E-state index contributed by atoms with van der Waals surface area (Å²) in [6, 6.07) is 9.42. The van der Waals surface area contributed by atoms with E-state index in [9.17, 15) is 4.79 Å². The van der Waals surface area contributed by atoms with Crippen molar-refractivity contribution in [2.45, 2.75) is 6.92 Å². The zero-order valence-corrected chi connectivity index (χ0v) is 13.8. The Kier molecular flexibility index (Phi) is 4.47. The van der Waals surface area contributed by atoms with Crippen molar-refractivity contribution in [2.24, 2.45) is 7.05 Å². The minimum absolute atomic E-state index is 0.0571. The fourth-order valence-corrected chi connectivity index (χ4v) is 2.79. The Morgan fingerprint density at radius 2 is 1.89 bits per heavy atom. The van der Waals surface area contributed by atoms with E-state index in [0.29, 0.717) is 11.1 Å². The monoisotopic (exact) mass is 385 g/mol. The molecule has 1 heterocycles. The average molecular weight is 387 g/mol. The van der Waals surface area contributed by atoms with Crippen LogP contribution in [0.25, 0.3) is 11.3 Å². The lowest BCUT2D eigenvalue weighted by molar-refractivity contribution is 0.340. The number of rotatable bonds is 3. The molecule has 0 atom stereocenters. The van der Waals surface area contributed by atoms with Gasteiger partial charge in [0, 0.05) is 17.1 Å². The number of pyridine rings is 1. The SMILES string of the molecule is CCOc1ccc(-c2ccc(Br)c(=O)n2C)c(Br)c1. The molecule has 5 heteroatoms. The Morgan fingerprint density at radius 3 is 2.53 bits per heavy atom. The predicted octanol–water partition coefficient (Wildman–Crippen LogP) is 3.98. The highest BCUT2D eigenvalue weighted by molar-refractivity contribution is 9.10. The van der Waals surface area contributed by atoms with Crippen molar-refractivity contribution in [1.82, 2.24) is 4.57 Å². The van der Waals surface area contributed by atoms with Gasteiger partial charge in [-0.25, -0.2) is 0 Å². The molecule has 0 amide bonds. The molecule has 1 aromatic carbocycles. The normalized spacial score (nSPS) is 10.5. The standard InChI is InChI=1S/C14H13Br2NO2/c1-3-19-9-4-5-10(12(16)8-9)13-7-6-11(15)14(18)17(13)2/h4-8H,3H2,1-2H3. The molecule has 0 aliphatic carbocycles. The first kappa shape index (κ1) is 14.3. The number of hydrogen-bond donors (Lipinski definition) is 0. The zero-order valence-electron chi connectivity index (χ0n) is 10.6. The maximum Gasteiger partial charge on any atom is 0.265 e. The summed E-state index contributed by atoms with van der Waals surface area (Å²) in [6.07, 6.45) is 0. The van der Waals surface area contributed by atoms with Crippen LogP contribution >= 0.6 is 31.9 Å². The summed E-state index contributed by atoms with van der Waals surface area (Å²) >= 11 is 6.76. The summed E-state index contributed by atoms with van der Waals surface area (Å²) in [6.45, 7) is 2.57. The van der Waals surface area contributed by atoms with E-state index in [4.69, 9.17) is 4.74 Å². The molecule has 0 aliphatic rings. The molecule has 0 bridgehead atoms. The molecule has 0 radical (unpaired) electrons. The van der Waals surface area contributed by atoms with Crippen LogP contribution in [-0.4, -0.2) is 11.2 Å². The van der Waals surface area contributed by atoms with Gasteiger partial charge in [0.2, 0.25) is 0 Å².